The van der Waals surface area contributed by atoms with Crippen molar-refractivity contribution in [1.29, 1.82) is 0 Å². The Hall–Kier alpha value is -1.91. The molecule has 0 aliphatic carbocycles. The van der Waals surface area contributed by atoms with Gasteiger partial charge >= 0.3 is 0 Å². The molecule has 0 aliphatic rings. The van der Waals surface area contributed by atoms with E-state index >= 15 is 0 Å². The second-order valence-electron chi connectivity index (χ2n) is 4.17. The van der Waals surface area contributed by atoms with Gasteiger partial charge in [-0.15, -0.1) is 0 Å². The van der Waals surface area contributed by atoms with Crippen LogP contribution in [0.1, 0.15) is 25.3 Å². The first kappa shape index (κ1) is 15.1. The zero-order valence-corrected chi connectivity index (χ0v) is 11.9. The molecule has 0 unspecified atom stereocenters. The Morgan fingerprint density at radius 2 is 2.00 bits per heavy atom. The maximum atomic E-state index is 5.77. The van der Waals surface area contributed by atoms with E-state index in [0.29, 0.717) is 24.0 Å². The Labute approximate surface area is 114 Å². The molecule has 0 amide bonds. The van der Waals surface area contributed by atoms with Gasteiger partial charge in [-0.2, -0.15) is 0 Å². The number of methoxy groups -OCH3 is 2. The maximum Gasteiger partial charge on any atom is 0.188 e. The average Bonchev–Trinajstić information content (AvgIpc) is 2.45. The van der Waals surface area contributed by atoms with E-state index in [2.05, 4.69) is 17.2 Å². The minimum atomic E-state index is 0.475. The van der Waals surface area contributed by atoms with Crippen molar-refractivity contribution in [3.63, 3.8) is 0 Å². The van der Waals surface area contributed by atoms with Crippen molar-refractivity contribution in [2.75, 3.05) is 20.8 Å². The molecule has 0 saturated heterocycles. The van der Waals surface area contributed by atoms with Gasteiger partial charge < -0.3 is 20.5 Å². The van der Waals surface area contributed by atoms with Gasteiger partial charge in [-0.25, -0.2) is 4.99 Å². The summed E-state index contributed by atoms with van der Waals surface area (Å²) in [5.74, 6) is 1.89. The fourth-order valence-electron chi connectivity index (χ4n) is 1.60. The molecule has 0 aromatic heterocycles. The summed E-state index contributed by atoms with van der Waals surface area (Å²) in [7, 11) is 3.23. The quantitative estimate of drug-likeness (QED) is 0.449. The van der Waals surface area contributed by atoms with Gasteiger partial charge in [0.05, 0.1) is 20.8 Å². The first-order valence-electron chi connectivity index (χ1n) is 6.46. The van der Waals surface area contributed by atoms with Gasteiger partial charge in [0.15, 0.2) is 17.5 Å². The molecule has 1 rings (SSSR count). The highest BCUT2D eigenvalue weighted by molar-refractivity contribution is 5.77. The molecule has 106 valence electrons. The van der Waals surface area contributed by atoms with E-state index in [4.69, 9.17) is 15.2 Å². The zero-order valence-electron chi connectivity index (χ0n) is 11.9. The lowest BCUT2D eigenvalue weighted by atomic mass is 10.2. The fraction of sp³-hybridized carbons (Fsp3) is 0.500. The molecule has 0 fully saturated rings. The Morgan fingerprint density at radius 3 is 2.63 bits per heavy atom. The largest absolute Gasteiger partial charge is 0.493 e. The van der Waals surface area contributed by atoms with Gasteiger partial charge in [0.2, 0.25) is 0 Å². The molecule has 5 nitrogen and oxygen atoms in total. The molecule has 0 spiro atoms. The van der Waals surface area contributed by atoms with Crippen molar-refractivity contribution >= 4 is 5.96 Å². The van der Waals surface area contributed by atoms with Crippen LogP contribution in [0.4, 0.5) is 0 Å². The van der Waals surface area contributed by atoms with E-state index in [0.717, 1.165) is 24.9 Å². The number of nitrogens with one attached hydrogen (secondary N) is 1. The maximum absolute atomic E-state index is 5.77. The van der Waals surface area contributed by atoms with E-state index < -0.39 is 0 Å². The summed E-state index contributed by atoms with van der Waals surface area (Å²) >= 11 is 0. The number of aliphatic imine (C=N–C) groups is 1. The highest BCUT2D eigenvalue weighted by Gasteiger charge is 2.04. The molecule has 0 bridgehead atoms. The lowest BCUT2D eigenvalue weighted by Crippen LogP contribution is -2.32. The van der Waals surface area contributed by atoms with Crippen molar-refractivity contribution in [3.8, 4) is 11.5 Å². The first-order chi connectivity index (χ1) is 9.21. The molecule has 0 aliphatic heterocycles. The number of ether oxygens (including phenoxy) is 2. The first-order valence-corrected chi connectivity index (χ1v) is 6.46. The SMILES string of the molecule is CCCCNC(N)=NCc1ccc(OC)c(OC)c1. The van der Waals surface area contributed by atoms with E-state index in [1.54, 1.807) is 14.2 Å². The summed E-state index contributed by atoms with van der Waals surface area (Å²) in [6, 6.07) is 5.72. The Bertz CT molecular complexity index is 419. The average molecular weight is 265 g/mol. The summed E-state index contributed by atoms with van der Waals surface area (Å²) in [4.78, 5) is 4.28. The number of hydrogen-bond donors (Lipinski definition) is 2. The van der Waals surface area contributed by atoms with Crippen molar-refractivity contribution in [2.45, 2.75) is 26.3 Å². The predicted molar refractivity (Wildman–Crippen MR) is 77.8 cm³/mol. The van der Waals surface area contributed by atoms with Crippen LogP contribution in [0.15, 0.2) is 23.2 Å². The Kier molecular flexibility index (Phi) is 6.57. The standard InChI is InChI=1S/C14H23N3O2/c1-4-5-8-16-14(15)17-10-11-6-7-12(18-2)13(9-11)19-3/h6-7,9H,4-5,8,10H2,1-3H3,(H3,15,16,17). The highest BCUT2D eigenvalue weighted by atomic mass is 16.5. The van der Waals surface area contributed by atoms with Gasteiger partial charge in [0.25, 0.3) is 0 Å². The van der Waals surface area contributed by atoms with Crippen molar-refractivity contribution in [2.24, 2.45) is 10.7 Å². The van der Waals surface area contributed by atoms with Gasteiger partial charge in [0.1, 0.15) is 0 Å². The number of benzene rings is 1. The summed E-state index contributed by atoms with van der Waals surface area (Å²) < 4.78 is 10.4. The van der Waals surface area contributed by atoms with E-state index in [-0.39, 0.29) is 0 Å². The van der Waals surface area contributed by atoms with E-state index in [1.807, 2.05) is 18.2 Å². The predicted octanol–water partition coefficient (Wildman–Crippen LogP) is 1.91. The summed E-state index contributed by atoms with van der Waals surface area (Å²) in [5, 5.41) is 3.08. The minimum absolute atomic E-state index is 0.475. The topological polar surface area (TPSA) is 68.9 Å². The Balaban J connectivity index is 2.59. The van der Waals surface area contributed by atoms with Gasteiger partial charge in [-0.05, 0) is 24.1 Å². The number of nitrogens with two attached hydrogens (primary N) is 1. The van der Waals surface area contributed by atoms with Crippen LogP contribution < -0.4 is 20.5 Å². The molecule has 19 heavy (non-hydrogen) atoms. The molecule has 0 saturated carbocycles. The molecular weight excluding hydrogens is 242 g/mol. The van der Waals surface area contributed by atoms with Gasteiger partial charge in [-0.3, -0.25) is 0 Å². The van der Waals surface area contributed by atoms with Crippen LogP contribution in [0.25, 0.3) is 0 Å². The molecule has 0 radical (unpaired) electrons. The normalized spacial score (nSPS) is 11.2. The number of nitrogens with zero attached hydrogens (tertiary/aromatic N) is 1. The lowest BCUT2D eigenvalue weighted by Gasteiger charge is -2.09. The van der Waals surface area contributed by atoms with Crippen LogP contribution in [0.2, 0.25) is 0 Å². The summed E-state index contributed by atoms with van der Waals surface area (Å²) in [6.07, 6.45) is 2.22. The van der Waals surface area contributed by atoms with Gasteiger partial charge in [0, 0.05) is 6.54 Å². The molecule has 5 heteroatoms. The van der Waals surface area contributed by atoms with Crippen molar-refractivity contribution in [1.82, 2.24) is 5.32 Å². The lowest BCUT2D eigenvalue weighted by molar-refractivity contribution is 0.354. The third-order valence-corrected chi connectivity index (χ3v) is 2.72. The smallest absolute Gasteiger partial charge is 0.188 e. The van der Waals surface area contributed by atoms with Crippen LogP contribution in [0.3, 0.4) is 0 Å². The van der Waals surface area contributed by atoms with Crippen LogP contribution >= 0.6 is 0 Å². The van der Waals surface area contributed by atoms with Crippen LogP contribution in [-0.4, -0.2) is 26.7 Å². The summed E-state index contributed by atoms with van der Waals surface area (Å²) in [5.41, 5.74) is 6.80. The monoisotopic (exact) mass is 265 g/mol. The zero-order chi connectivity index (χ0) is 14.1. The summed E-state index contributed by atoms with van der Waals surface area (Å²) in [6.45, 7) is 3.52. The molecular formula is C14H23N3O2. The minimum Gasteiger partial charge on any atom is -0.493 e. The third kappa shape index (κ3) is 5.07. The Morgan fingerprint density at radius 1 is 1.26 bits per heavy atom. The molecule has 1 aromatic carbocycles. The molecule has 1 aromatic rings. The molecule has 0 heterocycles. The number of hydrogen-bond acceptors (Lipinski definition) is 3. The third-order valence-electron chi connectivity index (χ3n) is 2.72. The van der Waals surface area contributed by atoms with E-state index in [9.17, 15) is 0 Å². The number of guanidine groups is 1. The van der Waals surface area contributed by atoms with Crippen molar-refractivity contribution in [3.05, 3.63) is 23.8 Å². The van der Waals surface area contributed by atoms with Crippen LogP contribution in [-0.2, 0) is 6.54 Å². The number of unbranched alkanes of at least 4 members (excludes halogenated alkanes) is 1. The molecule has 0 atom stereocenters. The van der Waals surface area contributed by atoms with Crippen LogP contribution in [0.5, 0.6) is 11.5 Å². The number of rotatable bonds is 7. The highest BCUT2D eigenvalue weighted by Crippen LogP contribution is 2.27. The van der Waals surface area contributed by atoms with Crippen LogP contribution in [0, 0.1) is 0 Å². The molecule has 3 N–H and O–H groups in total. The second kappa shape index (κ2) is 8.24. The van der Waals surface area contributed by atoms with E-state index in [1.165, 1.54) is 0 Å². The van der Waals surface area contributed by atoms with Crippen molar-refractivity contribution < 1.29 is 9.47 Å². The fourth-order valence-corrected chi connectivity index (χ4v) is 1.60. The second-order valence-corrected chi connectivity index (χ2v) is 4.17. The van der Waals surface area contributed by atoms with Gasteiger partial charge in [-0.1, -0.05) is 19.4 Å².